The fraction of sp³-hybridized carbons (Fsp3) is 0.0714. The van der Waals surface area contributed by atoms with E-state index in [0.29, 0.717) is 27.6 Å². The van der Waals surface area contributed by atoms with E-state index in [2.05, 4.69) is 4.98 Å². The standard InChI is InChI=1S/C14H11ClFN3/c1-19-12-4-2-3-10(16)13(12)18-14(19)9-7-8(15)5-6-11(9)17/h2-7H,17H2,1H3. The Morgan fingerprint density at radius 1 is 1.26 bits per heavy atom. The summed E-state index contributed by atoms with van der Waals surface area (Å²) in [4.78, 5) is 4.33. The predicted molar refractivity (Wildman–Crippen MR) is 75.5 cm³/mol. The molecule has 19 heavy (non-hydrogen) atoms. The van der Waals surface area contributed by atoms with Crippen LogP contribution in [0.3, 0.4) is 0 Å². The van der Waals surface area contributed by atoms with Gasteiger partial charge in [0.1, 0.15) is 11.3 Å². The molecule has 0 saturated carbocycles. The van der Waals surface area contributed by atoms with E-state index in [1.165, 1.54) is 6.07 Å². The first kappa shape index (κ1) is 12.0. The van der Waals surface area contributed by atoms with Crippen LogP contribution >= 0.6 is 11.6 Å². The molecule has 0 saturated heterocycles. The molecule has 0 atom stereocenters. The van der Waals surface area contributed by atoms with Gasteiger partial charge in [-0.15, -0.1) is 0 Å². The zero-order chi connectivity index (χ0) is 13.6. The van der Waals surface area contributed by atoms with Crippen molar-refractivity contribution in [2.24, 2.45) is 7.05 Å². The number of aryl methyl sites for hydroxylation is 1. The van der Waals surface area contributed by atoms with E-state index in [1.807, 2.05) is 13.1 Å². The van der Waals surface area contributed by atoms with Gasteiger partial charge in [0.15, 0.2) is 5.82 Å². The van der Waals surface area contributed by atoms with Crippen LogP contribution < -0.4 is 5.73 Å². The summed E-state index contributed by atoms with van der Waals surface area (Å²) >= 11 is 5.98. The van der Waals surface area contributed by atoms with Crippen molar-refractivity contribution >= 4 is 28.3 Å². The summed E-state index contributed by atoms with van der Waals surface area (Å²) in [5.74, 6) is 0.250. The van der Waals surface area contributed by atoms with Gasteiger partial charge < -0.3 is 10.3 Å². The largest absolute Gasteiger partial charge is 0.398 e. The summed E-state index contributed by atoms with van der Waals surface area (Å²) in [5, 5.41) is 0.566. The molecule has 1 aromatic heterocycles. The van der Waals surface area contributed by atoms with Crippen molar-refractivity contribution in [3.05, 3.63) is 47.2 Å². The zero-order valence-electron chi connectivity index (χ0n) is 10.2. The normalized spacial score (nSPS) is 11.1. The average molecular weight is 276 g/mol. The Bertz CT molecular complexity index is 780. The number of nitrogens with two attached hydrogens (primary N) is 1. The van der Waals surface area contributed by atoms with Gasteiger partial charge in [0.2, 0.25) is 0 Å². The highest BCUT2D eigenvalue weighted by Gasteiger charge is 2.14. The number of imidazole rings is 1. The van der Waals surface area contributed by atoms with Crippen LogP contribution in [-0.2, 0) is 7.05 Å². The third-order valence-electron chi connectivity index (χ3n) is 3.12. The van der Waals surface area contributed by atoms with Crippen LogP contribution in [0.5, 0.6) is 0 Å². The lowest BCUT2D eigenvalue weighted by Crippen LogP contribution is -1.96. The number of hydrogen-bond acceptors (Lipinski definition) is 2. The molecule has 0 spiro atoms. The Morgan fingerprint density at radius 3 is 2.79 bits per heavy atom. The number of halogens is 2. The molecule has 2 aromatic carbocycles. The Hall–Kier alpha value is -2.07. The van der Waals surface area contributed by atoms with Gasteiger partial charge in [0.25, 0.3) is 0 Å². The topological polar surface area (TPSA) is 43.8 Å². The molecular formula is C14H11ClFN3. The number of benzene rings is 2. The van der Waals surface area contributed by atoms with Crippen molar-refractivity contribution in [1.29, 1.82) is 0 Å². The molecule has 3 aromatic rings. The summed E-state index contributed by atoms with van der Waals surface area (Å²) in [5.41, 5.74) is 8.25. The van der Waals surface area contributed by atoms with Crippen molar-refractivity contribution in [2.75, 3.05) is 5.73 Å². The van der Waals surface area contributed by atoms with Crippen LogP contribution in [0.4, 0.5) is 10.1 Å². The first-order valence-corrected chi connectivity index (χ1v) is 6.12. The third kappa shape index (κ3) is 1.85. The molecular weight excluding hydrogens is 265 g/mol. The molecule has 3 rings (SSSR count). The van der Waals surface area contributed by atoms with Gasteiger partial charge in [-0.05, 0) is 30.3 Å². The number of para-hydroxylation sites is 1. The van der Waals surface area contributed by atoms with Gasteiger partial charge >= 0.3 is 0 Å². The smallest absolute Gasteiger partial charge is 0.151 e. The van der Waals surface area contributed by atoms with Crippen LogP contribution in [0.1, 0.15) is 0 Å². The summed E-state index contributed by atoms with van der Waals surface area (Å²) in [6.07, 6.45) is 0. The lowest BCUT2D eigenvalue weighted by atomic mass is 10.1. The molecule has 0 amide bonds. The summed E-state index contributed by atoms with van der Waals surface area (Å²) in [6, 6.07) is 10.0. The van der Waals surface area contributed by atoms with Gasteiger partial charge in [-0.1, -0.05) is 17.7 Å². The second kappa shape index (κ2) is 4.24. The van der Waals surface area contributed by atoms with Gasteiger partial charge in [-0.3, -0.25) is 0 Å². The van der Waals surface area contributed by atoms with Crippen molar-refractivity contribution in [3.63, 3.8) is 0 Å². The van der Waals surface area contributed by atoms with Crippen LogP contribution in [0.15, 0.2) is 36.4 Å². The number of aromatic nitrogens is 2. The van der Waals surface area contributed by atoms with Gasteiger partial charge in [-0.2, -0.15) is 0 Å². The summed E-state index contributed by atoms with van der Waals surface area (Å²) in [6.45, 7) is 0. The lowest BCUT2D eigenvalue weighted by Gasteiger charge is -2.06. The molecule has 0 fully saturated rings. The van der Waals surface area contributed by atoms with E-state index in [4.69, 9.17) is 17.3 Å². The fourth-order valence-corrected chi connectivity index (χ4v) is 2.32. The van der Waals surface area contributed by atoms with E-state index >= 15 is 0 Å². The third-order valence-corrected chi connectivity index (χ3v) is 3.35. The Balaban J connectivity index is 2.34. The number of fused-ring (bicyclic) bond motifs is 1. The van der Waals surface area contributed by atoms with Crippen LogP contribution in [0.25, 0.3) is 22.4 Å². The number of anilines is 1. The van der Waals surface area contributed by atoms with Crippen LogP contribution in [0.2, 0.25) is 5.02 Å². The highest BCUT2D eigenvalue weighted by molar-refractivity contribution is 6.31. The van der Waals surface area contributed by atoms with Crippen LogP contribution in [-0.4, -0.2) is 9.55 Å². The van der Waals surface area contributed by atoms with E-state index in [1.54, 1.807) is 28.8 Å². The maximum Gasteiger partial charge on any atom is 0.151 e. The second-order valence-corrected chi connectivity index (χ2v) is 4.77. The average Bonchev–Trinajstić information content (AvgIpc) is 2.72. The van der Waals surface area contributed by atoms with E-state index in [-0.39, 0.29) is 5.82 Å². The minimum atomic E-state index is -0.347. The molecule has 0 aliphatic heterocycles. The van der Waals surface area contributed by atoms with Gasteiger partial charge in [-0.25, -0.2) is 9.37 Å². The van der Waals surface area contributed by atoms with Crippen molar-refractivity contribution < 1.29 is 4.39 Å². The molecule has 0 aliphatic carbocycles. The highest BCUT2D eigenvalue weighted by Crippen LogP contribution is 2.30. The minimum absolute atomic E-state index is 0.333. The predicted octanol–water partition coefficient (Wildman–Crippen LogP) is 3.62. The van der Waals surface area contributed by atoms with Crippen molar-refractivity contribution in [1.82, 2.24) is 9.55 Å². The number of hydrogen-bond donors (Lipinski definition) is 1. The van der Waals surface area contributed by atoms with E-state index in [0.717, 1.165) is 5.52 Å². The van der Waals surface area contributed by atoms with Crippen LogP contribution in [0, 0.1) is 5.82 Å². The molecule has 96 valence electrons. The van der Waals surface area contributed by atoms with E-state index < -0.39 is 0 Å². The minimum Gasteiger partial charge on any atom is -0.398 e. The monoisotopic (exact) mass is 275 g/mol. The first-order valence-electron chi connectivity index (χ1n) is 5.74. The molecule has 0 aliphatic rings. The number of nitrogens with zero attached hydrogens (tertiary/aromatic N) is 2. The second-order valence-electron chi connectivity index (χ2n) is 4.33. The fourth-order valence-electron chi connectivity index (χ4n) is 2.14. The van der Waals surface area contributed by atoms with Gasteiger partial charge in [0, 0.05) is 23.3 Å². The Labute approximate surface area is 114 Å². The van der Waals surface area contributed by atoms with Gasteiger partial charge in [0.05, 0.1) is 5.52 Å². The lowest BCUT2D eigenvalue weighted by molar-refractivity contribution is 0.637. The molecule has 0 unspecified atom stereocenters. The zero-order valence-corrected chi connectivity index (χ0v) is 10.9. The maximum atomic E-state index is 13.7. The highest BCUT2D eigenvalue weighted by atomic mass is 35.5. The molecule has 0 bridgehead atoms. The molecule has 1 heterocycles. The Kier molecular flexibility index (Phi) is 2.68. The molecule has 2 N–H and O–H groups in total. The van der Waals surface area contributed by atoms with Crippen molar-refractivity contribution in [2.45, 2.75) is 0 Å². The number of rotatable bonds is 1. The Morgan fingerprint density at radius 2 is 2.05 bits per heavy atom. The number of nitrogen functional groups attached to an aromatic ring is 1. The summed E-state index contributed by atoms with van der Waals surface area (Å²) < 4.78 is 15.5. The first-order chi connectivity index (χ1) is 9.08. The quantitative estimate of drug-likeness (QED) is 0.690. The SMILES string of the molecule is Cn1c(-c2cc(Cl)ccc2N)nc2c(F)cccc21. The molecule has 3 nitrogen and oxygen atoms in total. The maximum absolute atomic E-state index is 13.7. The van der Waals surface area contributed by atoms with E-state index in [9.17, 15) is 4.39 Å². The van der Waals surface area contributed by atoms with Crippen molar-refractivity contribution in [3.8, 4) is 11.4 Å². The summed E-state index contributed by atoms with van der Waals surface area (Å²) in [7, 11) is 1.82. The molecule has 5 heteroatoms. The molecule has 0 radical (unpaired) electrons.